The van der Waals surface area contributed by atoms with Gasteiger partial charge in [0, 0.05) is 5.75 Å². The molecule has 100 valence electrons. The van der Waals surface area contributed by atoms with E-state index >= 15 is 0 Å². The minimum Gasteiger partial charge on any atom is -0.480 e. The lowest BCUT2D eigenvalue weighted by Crippen LogP contribution is -2.42. The lowest BCUT2D eigenvalue weighted by Gasteiger charge is -2.11. The minimum absolute atomic E-state index is 0. The van der Waals surface area contributed by atoms with Crippen molar-refractivity contribution in [2.75, 3.05) is 5.75 Å². The summed E-state index contributed by atoms with van der Waals surface area (Å²) in [5.74, 6) is -2.21. The van der Waals surface area contributed by atoms with E-state index in [9.17, 15) is 14.0 Å². The number of nitrogens with one attached hydrogen (secondary N) is 1. The number of rotatable bonds is 5. The van der Waals surface area contributed by atoms with Gasteiger partial charge in [0.15, 0.2) is 0 Å². The maximum Gasteiger partial charge on any atom is 0.327 e. The molecule has 0 aliphatic heterocycles. The van der Waals surface area contributed by atoms with Gasteiger partial charge in [0.2, 0.25) is 5.91 Å². The van der Waals surface area contributed by atoms with E-state index in [-0.39, 0.29) is 23.2 Å². The molecule has 5 nitrogen and oxygen atoms in total. The SMILES string of the molecule is O.O=C(Cc1ccccc1F)N[C@@H](CS)C(=O)O. The van der Waals surface area contributed by atoms with Crippen molar-refractivity contribution in [2.45, 2.75) is 12.5 Å². The quantitative estimate of drug-likeness (QED) is 0.662. The third-order valence-corrected chi connectivity index (χ3v) is 2.49. The molecular weight excluding hydrogens is 261 g/mol. The van der Waals surface area contributed by atoms with Crippen LogP contribution in [0.3, 0.4) is 0 Å². The average Bonchev–Trinajstić information content (AvgIpc) is 2.28. The van der Waals surface area contributed by atoms with Crippen LogP contribution in [0.4, 0.5) is 4.39 Å². The Labute approximate surface area is 109 Å². The van der Waals surface area contributed by atoms with Crippen molar-refractivity contribution >= 4 is 24.5 Å². The molecule has 7 heteroatoms. The Morgan fingerprint density at radius 2 is 2.00 bits per heavy atom. The summed E-state index contributed by atoms with van der Waals surface area (Å²) in [6, 6.07) is 4.79. The van der Waals surface area contributed by atoms with Gasteiger partial charge in [-0.15, -0.1) is 0 Å². The fourth-order valence-corrected chi connectivity index (χ4v) is 1.49. The fourth-order valence-electron chi connectivity index (χ4n) is 1.25. The van der Waals surface area contributed by atoms with Gasteiger partial charge in [-0.05, 0) is 11.6 Å². The average molecular weight is 275 g/mol. The van der Waals surface area contributed by atoms with Crippen molar-refractivity contribution in [3.63, 3.8) is 0 Å². The zero-order chi connectivity index (χ0) is 12.8. The Bertz CT molecular complexity index is 427. The third kappa shape index (κ3) is 4.72. The third-order valence-electron chi connectivity index (χ3n) is 2.12. The molecule has 0 spiro atoms. The summed E-state index contributed by atoms with van der Waals surface area (Å²) >= 11 is 3.81. The number of hydrogen-bond acceptors (Lipinski definition) is 3. The van der Waals surface area contributed by atoms with Crippen molar-refractivity contribution in [3.8, 4) is 0 Å². The van der Waals surface area contributed by atoms with Crippen LogP contribution in [0.1, 0.15) is 5.56 Å². The second-order valence-corrected chi connectivity index (χ2v) is 3.77. The molecule has 0 saturated heterocycles. The number of amides is 1. The molecule has 1 aromatic carbocycles. The van der Waals surface area contributed by atoms with E-state index in [1.165, 1.54) is 18.2 Å². The number of carbonyl (C=O) groups is 2. The van der Waals surface area contributed by atoms with Gasteiger partial charge < -0.3 is 15.9 Å². The molecule has 18 heavy (non-hydrogen) atoms. The first kappa shape index (κ1) is 16.4. The highest BCUT2D eigenvalue weighted by molar-refractivity contribution is 7.80. The number of halogens is 1. The maximum absolute atomic E-state index is 13.2. The molecule has 0 aliphatic rings. The largest absolute Gasteiger partial charge is 0.480 e. The van der Waals surface area contributed by atoms with Gasteiger partial charge in [0.05, 0.1) is 6.42 Å². The lowest BCUT2D eigenvalue weighted by atomic mass is 10.1. The molecule has 0 aromatic heterocycles. The summed E-state index contributed by atoms with van der Waals surface area (Å²) in [5.41, 5.74) is 0.230. The lowest BCUT2D eigenvalue weighted by molar-refractivity contribution is -0.141. The van der Waals surface area contributed by atoms with Gasteiger partial charge in [0.1, 0.15) is 11.9 Å². The van der Waals surface area contributed by atoms with Crippen molar-refractivity contribution in [2.24, 2.45) is 0 Å². The summed E-state index contributed by atoms with van der Waals surface area (Å²) in [5, 5.41) is 11.0. The van der Waals surface area contributed by atoms with E-state index in [1.807, 2.05) is 0 Å². The van der Waals surface area contributed by atoms with Crippen LogP contribution in [0, 0.1) is 5.82 Å². The monoisotopic (exact) mass is 275 g/mol. The number of benzene rings is 1. The van der Waals surface area contributed by atoms with Gasteiger partial charge in [-0.2, -0.15) is 12.6 Å². The minimum atomic E-state index is -1.16. The molecule has 1 amide bonds. The molecule has 1 atom stereocenters. The van der Waals surface area contributed by atoms with Crippen molar-refractivity contribution < 1.29 is 24.6 Å². The smallest absolute Gasteiger partial charge is 0.327 e. The molecule has 0 heterocycles. The zero-order valence-corrected chi connectivity index (χ0v) is 10.3. The second-order valence-electron chi connectivity index (χ2n) is 3.41. The van der Waals surface area contributed by atoms with Gasteiger partial charge in [-0.1, -0.05) is 18.2 Å². The van der Waals surface area contributed by atoms with E-state index in [1.54, 1.807) is 6.07 Å². The highest BCUT2D eigenvalue weighted by Crippen LogP contribution is 2.07. The number of aliphatic carboxylic acids is 1. The predicted molar refractivity (Wildman–Crippen MR) is 67.1 cm³/mol. The van der Waals surface area contributed by atoms with Gasteiger partial charge in [-0.25, -0.2) is 9.18 Å². The van der Waals surface area contributed by atoms with Gasteiger partial charge in [-0.3, -0.25) is 4.79 Å². The van der Waals surface area contributed by atoms with Crippen LogP contribution in [0.25, 0.3) is 0 Å². The predicted octanol–water partition coefficient (Wildman–Crippen LogP) is 0.0427. The van der Waals surface area contributed by atoms with E-state index in [2.05, 4.69) is 17.9 Å². The first-order valence-corrected chi connectivity index (χ1v) is 5.54. The molecule has 0 saturated carbocycles. The molecule has 0 bridgehead atoms. The Morgan fingerprint density at radius 1 is 1.39 bits per heavy atom. The summed E-state index contributed by atoms with van der Waals surface area (Å²) in [6.45, 7) is 0. The van der Waals surface area contributed by atoms with Gasteiger partial charge >= 0.3 is 5.97 Å². The molecule has 0 radical (unpaired) electrons. The van der Waals surface area contributed by atoms with Crippen LogP contribution in [0.5, 0.6) is 0 Å². The van der Waals surface area contributed by atoms with E-state index in [4.69, 9.17) is 5.11 Å². The molecule has 4 N–H and O–H groups in total. The highest BCUT2D eigenvalue weighted by atomic mass is 32.1. The van der Waals surface area contributed by atoms with E-state index < -0.39 is 23.7 Å². The molecule has 1 rings (SSSR count). The highest BCUT2D eigenvalue weighted by Gasteiger charge is 2.18. The summed E-state index contributed by atoms with van der Waals surface area (Å²) in [6.07, 6.45) is -0.190. The summed E-state index contributed by atoms with van der Waals surface area (Å²) < 4.78 is 13.2. The molecule has 1 aromatic rings. The van der Waals surface area contributed by atoms with Crippen LogP contribution >= 0.6 is 12.6 Å². The zero-order valence-electron chi connectivity index (χ0n) is 9.39. The topological polar surface area (TPSA) is 97.9 Å². The van der Waals surface area contributed by atoms with Crippen molar-refractivity contribution in [1.82, 2.24) is 5.32 Å². The van der Waals surface area contributed by atoms with Crippen molar-refractivity contribution in [3.05, 3.63) is 35.6 Å². The normalized spacial score (nSPS) is 11.2. The molecule has 0 fully saturated rings. The summed E-state index contributed by atoms with van der Waals surface area (Å²) in [4.78, 5) is 22.1. The van der Waals surface area contributed by atoms with Crippen LogP contribution in [0.15, 0.2) is 24.3 Å². The Morgan fingerprint density at radius 3 is 2.50 bits per heavy atom. The van der Waals surface area contributed by atoms with Crippen LogP contribution in [-0.4, -0.2) is 34.3 Å². The van der Waals surface area contributed by atoms with E-state index in [0.29, 0.717) is 0 Å². The number of carbonyl (C=O) groups excluding carboxylic acids is 1. The molecule has 0 aliphatic carbocycles. The number of carboxylic acid groups (broad SMARTS) is 1. The maximum atomic E-state index is 13.2. The first-order chi connectivity index (χ1) is 8.04. The van der Waals surface area contributed by atoms with E-state index in [0.717, 1.165) is 0 Å². The summed E-state index contributed by atoms with van der Waals surface area (Å²) in [7, 11) is 0. The van der Waals surface area contributed by atoms with Gasteiger partial charge in [0.25, 0.3) is 0 Å². The molecule has 0 unspecified atom stereocenters. The number of hydrogen-bond donors (Lipinski definition) is 3. The number of carboxylic acids is 1. The van der Waals surface area contributed by atoms with Crippen LogP contribution < -0.4 is 5.32 Å². The Kier molecular flexibility index (Phi) is 6.99. The van der Waals surface area contributed by atoms with Crippen molar-refractivity contribution in [1.29, 1.82) is 0 Å². The first-order valence-electron chi connectivity index (χ1n) is 4.91. The van der Waals surface area contributed by atoms with Crippen LogP contribution in [-0.2, 0) is 16.0 Å². The number of thiol groups is 1. The Balaban J connectivity index is 0.00000289. The van der Waals surface area contributed by atoms with Crippen LogP contribution in [0.2, 0.25) is 0 Å². The fraction of sp³-hybridized carbons (Fsp3) is 0.273. The standard InChI is InChI=1S/C11H12FNO3S.H2O/c12-8-4-2-1-3-7(8)5-10(14)13-9(6-17)11(15)16;/h1-4,9,17H,5-6H2,(H,13,14)(H,15,16);1H2/t9-;/m0./s1. The second kappa shape index (κ2) is 7.67. The Hall–Kier alpha value is -1.60. The molecular formula is C11H14FNO4S.